The first-order valence-corrected chi connectivity index (χ1v) is 5.30. The molecule has 0 aromatic carbocycles. The van der Waals surface area contributed by atoms with Gasteiger partial charge in [0.1, 0.15) is 0 Å². The Labute approximate surface area is 88.7 Å². The summed E-state index contributed by atoms with van der Waals surface area (Å²) in [6, 6.07) is 0. The van der Waals surface area contributed by atoms with Crippen LogP contribution in [0.25, 0.3) is 0 Å². The molecular weight excluding hydrogens is 192 g/mol. The number of carbonyl (C=O) groups excluding carboxylic acids is 1. The summed E-state index contributed by atoms with van der Waals surface area (Å²) < 4.78 is 10.8. The first-order valence-electron chi connectivity index (χ1n) is 5.30. The summed E-state index contributed by atoms with van der Waals surface area (Å²) >= 11 is 0. The summed E-state index contributed by atoms with van der Waals surface area (Å²) in [6.07, 6.45) is 4.24. The zero-order valence-electron chi connectivity index (χ0n) is 8.90. The molecule has 2 heterocycles. The number of fused-ring (bicyclic) bond motifs is 5. The predicted molar refractivity (Wildman–Crippen MR) is 54.4 cm³/mol. The molecule has 0 aromatic heterocycles. The molecule has 0 saturated carbocycles. The Bertz CT molecular complexity index is 380. The van der Waals surface area contributed by atoms with Crippen molar-refractivity contribution in [2.24, 2.45) is 11.8 Å². The number of methoxy groups -OCH3 is 1. The van der Waals surface area contributed by atoms with E-state index in [1.54, 1.807) is 7.11 Å². The minimum atomic E-state index is 0.0109. The molecule has 0 aromatic rings. The fourth-order valence-electron chi connectivity index (χ4n) is 3.06. The minimum Gasteiger partial charge on any atom is -0.380 e. The Kier molecular flexibility index (Phi) is 1.88. The SMILES string of the molecule is COCC1=C(C)[C@@H]2[C@H](C1=O)[C@H]1C=C[C@@H]2O1. The summed E-state index contributed by atoms with van der Waals surface area (Å²) in [5.41, 5.74) is 2.04. The van der Waals surface area contributed by atoms with Gasteiger partial charge in [0.15, 0.2) is 5.78 Å². The second-order valence-corrected chi connectivity index (χ2v) is 4.46. The fourth-order valence-corrected chi connectivity index (χ4v) is 3.06. The van der Waals surface area contributed by atoms with Gasteiger partial charge in [0.05, 0.1) is 24.7 Å². The maximum atomic E-state index is 12.1. The highest BCUT2D eigenvalue weighted by atomic mass is 16.5. The van der Waals surface area contributed by atoms with Crippen LogP contribution in [0.3, 0.4) is 0 Å². The number of rotatable bonds is 2. The van der Waals surface area contributed by atoms with E-state index in [0.717, 1.165) is 5.57 Å². The number of ketones is 1. The van der Waals surface area contributed by atoms with Gasteiger partial charge >= 0.3 is 0 Å². The lowest BCUT2D eigenvalue weighted by atomic mass is 9.82. The predicted octanol–water partition coefficient (Wildman–Crippen LogP) is 1.10. The summed E-state index contributed by atoms with van der Waals surface area (Å²) in [7, 11) is 1.63. The minimum absolute atomic E-state index is 0.0109. The Hall–Kier alpha value is -0.930. The quantitative estimate of drug-likeness (QED) is 0.635. The number of Topliss-reactive ketones (excluding diaryl/α,β-unsaturated/α-hetero) is 1. The van der Waals surface area contributed by atoms with Gasteiger partial charge in [-0.15, -0.1) is 0 Å². The third-order valence-electron chi connectivity index (χ3n) is 3.76. The van der Waals surface area contributed by atoms with Gasteiger partial charge in [-0.3, -0.25) is 4.79 Å². The van der Waals surface area contributed by atoms with Crippen molar-refractivity contribution >= 4 is 5.78 Å². The monoisotopic (exact) mass is 206 g/mol. The molecule has 2 bridgehead atoms. The molecular formula is C12H14O3. The summed E-state index contributed by atoms with van der Waals surface area (Å²) in [5, 5.41) is 0. The van der Waals surface area contributed by atoms with Crippen LogP contribution in [0.4, 0.5) is 0 Å². The van der Waals surface area contributed by atoms with Crippen LogP contribution >= 0.6 is 0 Å². The van der Waals surface area contributed by atoms with Gasteiger partial charge < -0.3 is 9.47 Å². The molecule has 1 saturated heterocycles. The third kappa shape index (κ3) is 1.05. The molecule has 2 aliphatic heterocycles. The molecule has 0 N–H and O–H groups in total. The van der Waals surface area contributed by atoms with Crippen molar-refractivity contribution in [3.05, 3.63) is 23.3 Å². The molecule has 4 atom stereocenters. The zero-order chi connectivity index (χ0) is 10.6. The maximum absolute atomic E-state index is 12.1. The van der Waals surface area contributed by atoms with Crippen LogP contribution in [0.15, 0.2) is 23.3 Å². The molecule has 3 heteroatoms. The summed E-state index contributed by atoms with van der Waals surface area (Å²) in [6.45, 7) is 2.48. The van der Waals surface area contributed by atoms with Crippen molar-refractivity contribution < 1.29 is 14.3 Å². The maximum Gasteiger partial charge on any atom is 0.167 e. The largest absolute Gasteiger partial charge is 0.380 e. The van der Waals surface area contributed by atoms with Gasteiger partial charge in [0.25, 0.3) is 0 Å². The molecule has 15 heavy (non-hydrogen) atoms. The van der Waals surface area contributed by atoms with Crippen LogP contribution < -0.4 is 0 Å². The number of hydrogen-bond acceptors (Lipinski definition) is 3. The van der Waals surface area contributed by atoms with E-state index in [9.17, 15) is 4.79 Å². The molecule has 3 rings (SSSR count). The molecule has 1 aliphatic carbocycles. The van der Waals surface area contributed by atoms with E-state index in [-0.39, 0.29) is 29.8 Å². The third-order valence-corrected chi connectivity index (χ3v) is 3.76. The Morgan fingerprint density at radius 2 is 2.00 bits per heavy atom. The highest BCUT2D eigenvalue weighted by Gasteiger charge is 2.54. The van der Waals surface area contributed by atoms with Gasteiger partial charge in [-0.2, -0.15) is 0 Å². The first kappa shape index (κ1) is 9.31. The van der Waals surface area contributed by atoms with Gasteiger partial charge in [0.2, 0.25) is 0 Å². The second-order valence-electron chi connectivity index (χ2n) is 4.46. The van der Waals surface area contributed by atoms with Crippen LogP contribution in [0, 0.1) is 11.8 Å². The zero-order valence-corrected chi connectivity index (χ0v) is 8.90. The summed E-state index contributed by atoms with van der Waals surface area (Å²) in [5.74, 6) is 0.541. The van der Waals surface area contributed by atoms with E-state index in [1.165, 1.54) is 5.57 Å². The smallest absolute Gasteiger partial charge is 0.167 e. The Morgan fingerprint density at radius 3 is 2.60 bits per heavy atom. The fraction of sp³-hybridized carbons (Fsp3) is 0.583. The Balaban J connectivity index is 1.99. The van der Waals surface area contributed by atoms with E-state index >= 15 is 0 Å². The molecule has 3 nitrogen and oxygen atoms in total. The van der Waals surface area contributed by atoms with Crippen molar-refractivity contribution in [1.82, 2.24) is 0 Å². The number of ether oxygens (including phenoxy) is 2. The van der Waals surface area contributed by atoms with Crippen LogP contribution in [-0.4, -0.2) is 31.7 Å². The molecule has 80 valence electrons. The van der Waals surface area contributed by atoms with Crippen LogP contribution in [0.2, 0.25) is 0 Å². The van der Waals surface area contributed by atoms with Crippen molar-refractivity contribution in [2.45, 2.75) is 19.1 Å². The van der Waals surface area contributed by atoms with E-state index in [4.69, 9.17) is 9.47 Å². The van der Waals surface area contributed by atoms with E-state index < -0.39 is 0 Å². The highest BCUT2D eigenvalue weighted by molar-refractivity contribution is 6.02. The molecule has 0 amide bonds. The normalized spacial score (nSPS) is 41.9. The van der Waals surface area contributed by atoms with Crippen LogP contribution in [0.1, 0.15) is 6.92 Å². The van der Waals surface area contributed by atoms with Gasteiger partial charge in [-0.05, 0) is 6.92 Å². The lowest BCUT2D eigenvalue weighted by molar-refractivity contribution is -0.120. The first-order chi connectivity index (χ1) is 7.24. The van der Waals surface area contributed by atoms with Crippen molar-refractivity contribution in [1.29, 1.82) is 0 Å². The number of carbonyl (C=O) groups is 1. The van der Waals surface area contributed by atoms with Crippen molar-refractivity contribution in [3.63, 3.8) is 0 Å². The molecule has 0 radical (unpaired) electrons. The molecule has 0 spiro atoms. The lowest BCUT2D eigenvalue weighted by Gasteiger charge is -2.16. The average molecular weight is 206 g/mol. The van der Waals surface area contributed by atoms with E-state index in [1.807, 2.05) is 13.0 Å². The van der Waals surface area contributed by atoms with Gasteiger partial charge in [0, 0.05) is 18.6 Å². The van der Waals surface area contributed by atoms with Gasteiger partial charge in [-0.1, -0.05) is 17.7 Å². The number of hydrogen-bond donors (Lipinski definition) is 0. The van der Waals surface area contributed by atoms with E-state index in [2.05, 4.69) is 6.08 Å². The second kappa shape index (κ2) is 3.03. The standard InChI is InChI=1S/C12H14O3/c1-6-7(5-14-2)12(13)11-9-4-3-8(15-9)10(6)11/h3-4,8-11H,5H2,1-2H3/t8-,9+,10-,11+/m0/s1. The lowest BCUT2D eigenvalue weighted by Crippen LogP contribution is -2.26. The molecule has 1 fully saturated rings. The topological polar surface area (TPSA) is 35.5 Å². The average Bonchev–Trinajstić information content (AvgIpc) is 2.87. The Morgan fingerprint density at radius 1 is 1.33 bits per heavy atom. The van der Waals surface area contributed by atoms with Crippen LogP contribution in [-0.2, 0) is 14.3 Å². The van der Waals surface area contributed by atoms with Crippen LogP contribution in [0.5, 0.6) is 0 Å². The van der Waals surface area contributed by atoms with Gasteiger partial charge in [-0.25, -0.2) is 0 Å². The van der Waals surface area contributed by atoms with Crippen molar-refractivity contribution in [2.75, 3.05) is 13.7 Å². The highest BCUT2D eigenvalue weighted by Crippen LogP contribution is 2.49. The molecule has 0 unspecified atom stereocenters. The molecule has 3 aliphatic rings. The van der Waals surface area contributed by atoms with E-state index in [0.29, 0.717) is 6.61 Å². The summed E-state index contributed by atoms with van der Waals surface area (Å²) in [4.78, 5) is 12.1. The van der Waals surface area contributed by atoms with Crippen molar-refractivity contribution in [3.8, 4) is 0 Å².